The van der Waals surface area contributed by atoms with Crippen LogP contribution in [0.25, 0.3) is 0 Å². The molecule has 4 heteroatoms. The Balaban J connectivity index is 2.15. The van der Waals surface area contributed by atoms with Crippen molar-refractivity contribution in [2.24, 2.45) is 0 Å². The van der Waals surface area contributed by atoms with Crippen LogP contribution in [0.2, 0.25) is 0 Å². The number of carbonyl (C=O) groups excluding carboxylic acids is 1. The Morgan fingerprint density at radius 1 is 1.14 bits per heavy atom. The third-order valence-electron chi connectivity index (χ3n) is 3.50. The van der Waals surface area contributed by atoms with Gasteiger partial charge in [-0.05, 0) is 49.2 Å². The minimum atomic E-state index is 0.218. The van der Waals surface area contributed by atoms with E-state index in [9.17, 15) is 4.79 Å². The summed E-state index contributed by atoms with van der Waals surface area (Å²) in [6.45, 7) is 8.89. The van der Waals surface area contributed by atoms with Gasteiger partial charge in [-0.2, -0.15) is 5.10 Å². The van der Waals surface area contributed by atoms with Gasteiger partial charge in [0.25, 0.3) is 0 Å². The minimum absolute atomic E-state index is 0.218. The summed E-state index contributed by atoms with van der Waals surface area (Å²) in [6.07, 6.45) is 0.894. The molecule has 0 saturated carbocycles. The van der Waals surface area contributed by atoms with Gasteiger partial charge >= 0.3 is 0 Å². The second-order valence-corrected chi connectivity index (χ2v) is 6.34. The van der Waals surface area contributed by atoms with Gasteiger partial charge in [-0.3, -0.25) is 9.48 Å². The van der Waals surface area contributed by atoms with E-state index in [0.717, 1.165) is 28.0 Å². The summed E-state index contributed by atoms with van der Waals surface area (Å²) in [5.74, 6) is 0.218. The fourth-order valence-corrected chi connectivity index (χ4v) is 3.11. The molecule has 0 N–H and O–H groups in total. The van der Waals surface area contributed by atoms with Crippen LogP contribution in [-0.2, 0) is 24.2 Å². The summed E-state index contributed by atoms with van der Waals surface area (Å²) in [4.78, 5) is 12.4. The molecule has 0 aliphatic carbocycles. The summed E-state index contributed by atoms with van der Waals surface area (Å²) in [7, 11) is 0. The maximum Gasteiger partial charge on any atom is 0.143 e. The molecule has 2 rings (SSSR count). The van der Waals surface area contributed by atoms with Crippen LogP contribution in [0, 0.1) is 20.8 Å². The highest BCUT2D eigenvalue weighted by atomic mass is 79.9. The summed E-state index contributed by atoms with van der Waals surface area (Å²) in [6, 6.07) is 6.30. The van der Waals surface area contributed by atoms with Crippen LogP contribution < -0.4 is 0 Å². The number of rotatable bonds is 5. The van der Waals surface area contributed by atoms with E-state index in [4.69, 9.17) is 0 Å². The van der Waals surface area contributed by atoms with E-state index in [1.54, 1.807) is 0 Å². The molecule has 0 spiro atoms. The lowest BCUT2D eigenvalue weighted by atomic mass is 10.0. The molecule has 0 atom stereocenters. The Morgan fingerprint density at radius 3 is 2.33 bits per heavy atom. The van der Waals surface area contributed by atoms with Gasteiger partial charge in [-0.15, -0.1) is 0 Å². The van der Waals surface area contributed by atoms with E-state index in [0.29, 0.717) is 12.8 Å². The summed E-state index contributed by atoms with van der Waals surface area (Å²) in [5, 5.41) is 4.43. The van der Waals surface area contributed by atoms with E-state index >= 15 is 0 Å². The van der Waals surface area contributed by atoms with Crippen LogP contribution >= 0.6 is 15.9 Å². The normalized spacial score (nSPS) is 10.9. The third kappa shape index (κ3) is 3.82. The molecule has 1 aromatic heterocycles. The molecule has 0 bridgehead atoms. The van der Waals surface area contributed by atoms with E-state index in [1.807, 2.05) is 18.5 Å². The average molecular weight is 349 g/mol. The predicted octanol–water partition coefficient (Wildman–Crippen LogP) is 3.95. The van der Waals surface area contributed by atoms with Crippen LogP contribution in [0.5, 0.6) is 0 Å². The van der Waals surface area contributed by atoms with Crippen molar-refractivity contribution >= 4 is 21.7 Å². The van der Waals surface area contributed by atoms with Gasteiger partial charge in [0.2, 0.25) is 0 Å². The number of carbonyl (C=O) groups is 1. The molecule has 1 heterocycles. The van der Waals surface area contributed by atoms with Gasteiger partial charge < -0.3 is 0 Å². The van der Waals surface area contributed by atoms with Gasteiger partial charge in [0.15, 0.2) is 0 Å². The highest BCUT2D eigenvalue weighted by Crippen LogP contribution is 2.22. The van der Waals surface area contributed by atoms with Crippen molar-refractivity contribution in [3.05, 3.63) is 50.8 Å². The number of hydrogen-bond donors (Lipinski definition) is 0. The summed E-state index contributed by atoms with van der Waals surface area (Å²) >= 11 is 3.54. The SMILES string of the molecule is CCn1nc(C)c(Br)c1CC(=O)Cc1cc(C)cc(C)c1. The first kappa shape index (κ1) is 16.0. The van der Waals surface area contributed by atoms with Gasteiger partial charge in [0.1, 0.15) is 5.78 Å². The fourth-order valence-electron chi connectivity index (χ4n) is 2.69. The Kier molecular flexibility index (Phi) is 4.99. The van der Waals surface area contributed by atoms with E-state index in [-0.39, 0.29) is 5.78 Å². The van der Waals surface area contributed by atoms with Gasteiger partial charge in [-0.25, -0.2) is 0 Å². The van der Waals surface area contributed by atoms with Crippen LogP contribution in [0.1, 0.15) is 35.0 Å². The Bertz CT molecular complexity index is 653. The zero-order chi connectivity index (χ0) is 15.6. The van der Waals surface area contributed by atoms with E-state index in [1.165, 1.54) is 11.1 Å². The van der Waals surface area contributed by atoms with E-state index in [2.05, 4.69) is 53.1 Å². The highest BCUT2D eigenvalue weighted by molar-refractivity contribution is 9.10. The Labute approximate surface area is 134 Å². The van der Waals surface area contributed by atoms with Gasteiger partial charge in [0, 0.05) is 19.4 Å². The molecule has 2 aromatic rings. The smallest absolute Gasteiger partial charge is 0.143 e. The lowest BCUT2D eigenvalue weighted by Crippen LogP contribution is -2.12. The molecular formula is C17H21BrN2O. The molecule has 3 nitrogen and oxygen atoms in total. The van der Waals surface area contributed by atoms with Gasteiger partial charge in [0.05, 0.1) is 15.9 Å². The number of hydrogen-bond acceptors (Lipinski definition) is 2. The number of nitrogens with zero attached hydrogens (tertiary/aromatic N) is 2. The van der Waals surface area contributed by atoms with Crippen molar-refractivity contribution in [2.75, 3.05) is 0 Å². The molecule has 0 fully saturated rings. The number of benzene rings is 1. The standard InChI is InChI=1S/C17H21BrN2O/c1-5-20-16(17(18)13(4)19-20)10-15(21)9-14-7-11(2)6-12(3)8-14/h6-8H,5,9-10H2,1-4H3. The number of aryl methyl sites for hydroxylation is 4. The maximum absolute atomic E-state index is 12.4. The van der Waals surface area contributed by atoms with Crippen molar-refractivity contribution in [1.82, 2.24) is 9.78 Å². The highest BCUT2D eigenvalue weighted by Gasteiger charge is 2.16. The Hall–Kier alpha value is -1.42. The molecular weight excluding hydrogens is 328 g/mol. The van der Waals surface area contributed by atoms with Gasteiger partial charge in [-0.1, -0.05) is 29.3 Å². The molecule has 112 valence electrons. The first-order chi connectivity index (χ1) is 9.90. The molecule has 0 aliphatic heterocycles. The van der Waals surface area contributed by atoms with E-state index < -0.39 is 0 Å². The minimum Gasteiger partial charge on any atom is -0.299 e. The predicted molar refractivity (Wildman–Crippen MR) is 88.7 cm³/mol. The number of ketones is 1. The Morgan fingerprint density at radius 2 is 1.76 bits per heavy atom. The van der Waals surface area contributed by atoms with Crippen molar-refractivity contribution < 1.29 is 4.79 Å². The van der Waals surface area contributed by atoms with Crippen LogP contribution in [0.3, 0.4) is 0 Å². The molecule has 0 radical (unpaired) electrons. The second kappa shape index (κ2) is 6.56. The first-order valence-electron chi connectivity index (χ1n) is 7.21. The molecule has 0 aliphatic rings. The molecule has 0 saturated heterocycles. The zero-order valence-electron chi connectivity index (χ0n) is 13.0. The molecule has 1 aromatic carbocycles. The lowest BCUT2D eigenvalue weighted by Gasteiger charge is -2.07. The quantitative estimate of drug-likeness (QED) is 0.819. The van der Waals surface area contributed by atoms with Crippen LogP contribution in [0.15, 0.2) is 22.7 Å². The van der Waals surface area contributed by atoms with Crippen molar-refractivity contribution in [1.29, 1.82) is 0 Å². The lowest BCUT2D eigenvalue weighted by molar-refractivity contribution is -0.117. The number of halogens is 1. The van der Waals surface area contributed by atoms with Crippen LogP contribution in [0.4, 0.5) is 0 Å². The molecule has 0 unspecified atom stereocenters. The van der Waals surface area contributed by atoms with Crippen molar-refractivity contribution in [3.8, 4) is 0 Å². The summed E-state index contributed by atoms with van der Waals surface area (Å²) in [5.41, 5.74) is 5.41. The first-order valence-corrected chi connectivity index (χ1v) is 8.00. The average Bonchev–Trinajstić information content (AvgIpc) is 2.65. The maximum atomic E-state index is 12.4. The monoisotopic (exact) mass is 348 g/mol. The number of Topliss-reactive ketones (excluding diaryl/α,β-unsaturated/α-hetero) is 1. The molecule has 21 heavy (non-hydrogen) atoms. The fraction of sp³-hybridized carbons (Fsp3) is 0.412. The van der Waals surface area contributed by atoms with Crippen molar-refractivity contribution in [3.63, 3.8) is 0 Å². The second-order valence-electron chi connectivity index (χ2n) is 5.55. The largest absolute Gasteiger partial charge is 0.299 e. The summed E-state index contributed by atoms with van der Waals surface area (Å²) < 4.78 is 2.86. The van der Waals surface area contributed by atoms with Crippen molar-refractivity contribution in [2.45, 2.75) is 47.1 Å². The van der Waals surface area contributed by atoms with Crippen LogP contribution in [-0.4, -0.2) is 15.6 Å². The zero-order valence-corrected chi connectivity index (χ0v) is 14.6. The topological polar surface area (TPSA) is 34.9 Å². The third-order valence-corrected chi connectivity index (χ3v) is 4.53. The molecule has 0 amide bonds. The number of aromatic nitrogens is 2.